The average Bonchev–Trinajstić information content (AvgIpc) is 2.72. The van der Waals surface area contributed by atoms with Gasteiger partial charge in [-0.15, -0.1) is 0 Å². The van der Waals surface area contributed by atoms with E-state index < -0.39 is 0 Å². The minimum Gasteiger partial charge on any atom is -0.493 e. The maximum absolute atomic E-state index is 6.11. The van der Waals surface area contributed by atoms with E-state index in [9.17, 15) is 0 Å². The van der Waals surface area contributed by atoms with Gasteiger partial charge in [-0.05, 0) is 49.2 Å². The molecule has 2 aromatic rings. The fourth-order valence-corrected chi connectivity index (χ4v) is 3.66. The lowest BCUT2D eigenvalue weighted by molar-refractivity contribution is 0.221. The second kappa shape index (κ2) is 10.4. The van der Waals surface area contributed by atoms with Crippen LogP contribution in [0.15, 0.2) is 48.5 Å². The summed E-state index contributed by atoms with van der Waals surface area (Å²) in [7, 11) is 1.68. The lowest BCUT2D eigenvalue weighted by Gasteiger charge is -2.36. The number of hydrogen-bond acceptors (Lipinski definition) is 4. The molecule has 5 heteroatoms. The van der Waals surface area contributed by atoms with E-state index in [1.54, 1.807) is 7.11 Å². The lowest BCUT2D eigenvalue weighted by Crippen LogP contribution is -2.46. The van der Waals surface area contributed by atoms with E-state index in [1.807, 2.05) is 49.4 Å². The molecule has 4 nitrogen and oxygen atoms in total. The Morgan fingerprint density at radius 1 is 1.04 bits per heavy atom. The number of ether oxygens (including phenoxy) is 2. The van der Waals surface area contributed by atoms with Crippen LogP contribution in [0.2, 0.25) is 5.02 Å². The molecule has 0 unspecified atom stereocenters. The van der Waals surface area contributed by atoms with Crippen molar-refractivity contribution in [2.45, 2.75) is 13.3 Å². The summed E-state index contributed by atoms with van der Waals surface area (Å²) in [5.41, 5.74) is 2.33. The Labute approximate surface area is 173 Å². The fraction of sp³-hybridized carbons (Fsp3) is 0.391. The molecule has 28 heavy (non-hydrogen) atoms. The predicted molar refractivity (Wildman–Crippen MR) is 118 cm³/mol. The van der Waals surface area contributed by atoms with Gasteiger partial charge in [0.25, 0.3) is 0 Å². The van der Waals surface area contributed by atoms with Crippen molar-refractivity contribution in [3.8, 4) is 11.5 Å². The van der Waals surface area contributed by atoms with Crippen LogP contribution >= 0.6 is 11.6 Å². The monoisotopic (exact) mass is 400 g/mol. The first-order valence-corrected chi connectivity index (χ1v) is 10.2. The Morgan fingerprint density at radius 3 is 2.57 bits per heavy atom. The van der Waals surface area contributed by atoms with Crippen LogP contribution in [-0.4, -0.2) is 51.3 Å². The standard InChI is InChI=1S/C23H29ClN2O2/c1-3-6-19-9-10-22(23(17-19)27-2)28-16-5-11-25-12-14-26(15-13-25)21-8-4-7-20(24)18-21/h3-4,6-10,17-18H,5,11-16H2,1-2H3/b6-3+. The number of halogens is 1. The molecule has 0 radical (unpaired) electrons. The van der Waals surface area contributed by atoms with Crippen molar-refractivity contribution in [2.75, 3.05) is 51.3 Å². The molecule has 0 atom stereocenters. The van der Waals surface area contributed by atoms with Crippen molar-refractivity contribution >= 4 is 23.4 Å². The number of nitrogens with zero attached hydrogens (tertiary/aromatic N) is 2. The molecule has 1 fully saturated rings. The number of allylic oxidation sites excluding steroid dienone is 1. The molecule has 3 rings (SSSR count). The second-order valence-corrected chi connectivity index (χ2v) is 7.36. The van der Waals surface area contributed by atoms with Crippen LogP contribution in [0.5, 0.6) is 11.5 Å². The molecular weight excluding hydrogens is 372 g/mol. The number of rotatable bonds is 8. The van der Waals surface area contributed by atoms with Crippen molar-refractivity contribution in [3.05, 3.63) is 59.1 Å². The molecule has 0 aromatic heterocycles. The Hall–Kier alpha value is -2.17. The van der Waals surface area contributed by atoms with Crippen LogP contribution in [0, 0.1) is 0 Å². The van der Waals surface area contributed by atoms with E-state index in [-0.39, 0.29) is 0 Å². The normalized spacial score (nSPS) is 15.2. The largest absolute Gasteiger partial charge is 0.493 e. The van der Waals surface area contributed by atoms with Gasteiger partial charge in [0.05, 0.1) is 13.7 Å². The van der Waals surface area contributed by atoms with Gasteiger partial charge in [0.1, 0.15) is 0 Å². The number of hydrogen-bond donors (Lipinski definition) is 0. The van der Waals surface area contributed by atoms with Crippen molar-refractivity contribution in [1.82, 2.24) is 4.90 Å². The molecule has 0 amide bonds. The van der Waals surface area contributed by atoms with Crippen LogP contribution in [0.4, 0.5) is 5.69 Å². The van der Waals surface area contributed by atoms with Crippen LogP contribution in [0.3, 0.4) is 0 Å². The van der Waals surface area contributed by atoms with Crippen molar-refractivity contribution < 1.29 is 9.47 Å². The third-order valence-corrected chi connectivity index (χ3v) is 5.20. The van der Waals surface area contributed by atoms with Gasteiger partial charge in [-0.1, -0.05) is 35.9 Å². The maximum atomic E-state index is 6.11. The number of piperazine rings is 1. The van der Waals surface area contributed by atoms with E-state index >= 15 is 0 Å². The fourth-order valence-electron chi connectivity index (χ4n) is 3.47. The molecule has 1 aliphatic heterocycles. The highest BCUT2D eigenvalue weighted by atomic mass is 35.5. The van der Waals surface area contributed by atoms with Gasteiger partial charge in [-0.3, -0.25) is 4.90 Å². The molecule has 0 saturated carbocycles. The highest BCUT2D eigenvalue weighted by Gasteiger charge is 2.17. The zero-order valence-electron chi connectivity index (χ0n) is 16.7. The quantitative estimate of drug-likeness (QED) is 0.584. The molecule has 0 spiro atoms. The first kappa shape index (κ1) is 20.6. The van der Waals surface area contributed by atoms with Gasteiger partial charge >= 0.3 is 0 Å². The van der Waals surface area contributed by atoms with Crippen LogP contribution in [0.1, 0.15) is 18.9 Å². The second-order valence-electron chi connectivity index (χ2n) is 6.92. The van der Waals surface area contributed by atoms with Gasteiger partial charge in [-0.2, -0.15) is 0 Å². The SMILES string of the molecule is C/C=C/c1ccc(OCCCN2CCN(c3cccc(Cl)c3)CC2)c(OC)c1. The number of anilines is 1. The number of methoxy groups -OCH3 is 1. The summed E-state index contributed by atoms with van der Waals surface area (Å²) in [5.74, 6) is 1.59. The summed E-state index contributed by atoms with van der Waals surface area (Å²) in [6, 6.07) is 14.1. The predicted octanol–water partition coefficient (Wildman–Crippen LogP) is 4.97. The zero-order valence-corrected chi connectivity index (χ0v) is 17.5. The third-order valence-electron chi connectivity index (χ3n) is 4.97. The molecule has 1 aliphatic rings. The lowest BCUT2D eigenvalue weighted by atomic mass is 10.2. The smallest absolute Gasteiger partial charge is 0.161 e. The van der Waals surface area contributed by atoms with E-state index in [1.165, 1.54) is 5.69 Å². The van der Waals surface area contributed by atoms with Crippen LogP contribution in [-0.2, 0) is 0 Å². The Morgan fingerprint density at radius 2 is 1.86 bits per heavy atom. The van der Waals surface area contributed by atoms with Crippen molar-refractivity contribution in [3.63, 3.8) is 0 Å². The summed E-state index contributed by atoms with van der Waals surface area (Å²) >= 11 is 6.11. The van der Waals surface area contributed by atoms with E-state index in [2.05, 4.69) is 21.9 Å². The first-order valence-electron chi connectivity index (χ1n) is 9.86. The maximum Gasteiger partial charge on any atom is 0.161 e. The van der Waals surface area contributed by atoms with Gasteiger partial charge in [0.2, 0.25) is 0 Å². The van der Waals surface area contributed by atoms with E-state index in [4.69, 9.17) is 21.1 Å². The van der Waals surface area contributed by atoms with Gasteiger partial charge in [-0.25, -0.2) is 0 Å². The zero-order chi connectivity index (χ0) is 19.8. The number of benzene rings is 2. The molecule has 0 bridgehead atoms. The van der Waals surface area contributed by atoms with Gasteiger partial charge in [0.15, 0.2) is 11.5 Å². The van der Waals surface area contributed by atoms with Crippen molar-refractivity contribution in [2.24, 2.45) is 0 Å². The topological polar surface area (TPSA) is 24.9 Å². The minimum atomic E-state index is 0.688. The third kappa shape index (κ3) is 5.66. The van der Waals surface area contributed by atoms with Gasteiger partial charge in [0, 0.05) is 43.4 Å². The Kier molecular flexibility index (Phi) is 7.63. The van der Waals surface area contributed by atoms with Gasteiger partial charge < -0.3 is 14.4 Å². The molecule has 1 saturated heterocycles. The highest BCUT2D eigenvalue weighted by Crippen LogP contribution is 2.28. The first-order chi connectivity index (χ1) is 13.7. The summed E-state index contributed by atoms with van der Waals surface area (Å²) in [6.07, 6.45) is 5.06. The van der Waals surface area contributed by atoms with E-state index in [0.717, 1.165) is 61.2 Å². The average molecular weight is 401 g/mol. The van der Waals surface area contributed by atoms with Crippen LogP contribution < -0.4 is 14.4 Å². The summed E-state index contributed by atoms with van der Waals surface area (Å²) in [4.78, 5) is 4.90. The molecule has 0 aliphatic carbocycles. The van der Waals surface area contributed by atoms with Crippen LogP contribution in [0.25, 0.3) is 6.08 Å². The molecule has 2 aromatic carbocycles. The molecular formula is C23H29ClN2O2. The Balaban J connectivity index is 1.41. The summed E-state index contributed by atoms with van der Waals surface area (Å²) in [5, 5.41) is 0.797. The molecule has 0 N–H and O–H groups in total. The molecule has 1 heterocycles. The Bertz CT molecular complexity index is 786. The summed E-state index contributed by atoms with van der Waals surface area (Å²) in [6.45, 7) is 7.92. The molecule has 150 valence electrons. The summed E-state index contributed by atoms with van der Waals surface area (Å²) < 4.78 is 11.4. The van der Waals surface area contributed by atoms with E-state index in [0.29, 0.717) is 6.61 Å². The minimum absolute atomic E-state index is 0.688. The van der Waals surface area contributed by atoms with Crippen molar-refractivity contribution in [1.29, 1.82) is 0 Å². The highest BCUT2D eigenvalue weighted by molar-refractivity contribution is 6.30.